The molecule has 0 heterocycles. The van der Waals surface area contributed by atoms with Crippen molar-refractivity contribution in [3.05, 3.63) is 28.2 Å². The van der Waals surface area contributed by atoms with E-state index in [9.17, 15) is 4.79 Å². The smallest absolute Gasteiger partial charge is 0.224 e. The molecule has 1 unspecified atom stereocenters. The number of halogens is 1. The van der Waals surface area contributed by atoms with E-state index in [4.69, 9.17) is 5.26 Å². The Morgan fingerprint density at radius 3 is 2.83 bits per heavy atom. The maximum absolute atomic E-state index is 11.5. The van der Waals surface area contributed by atoms with Crippen molar-refractivity contribution >= 4 is 27.5 Å². The van der Waals surface area contributed by atoms with Gasteiger partial charge >= 0.3 is 0 Å². The molecule has 4 nitrogen and oxygen atoms in total. The van der Waals surface area contributed by atoms with Gasteiger partial charge in [0.2, 0.25) is 5.91 Å². The number of nitriles is 1. The number of hydrogen-bond donors (Lipinski definition) is 1. The molecule has 0 saturated carbocycles. The first-order valence-electron chi connectivity index (χ1n) is 5.62. The maximum Gasteiger partial charge on any atom is 0.224 e. The van der Waals surface area contributed by atoms with Crippen LogP contribution in [0.15, 0.2) is 22.7 Å². The minimum Gasteiger partial charge on any atom is -0.373 e. The molecule has 0 aliphatic rings. The number of carbonyl (C=O) groups excluding carboxylic acids is 1. The number of nitrogens with zero attached hydrogens (tertiary/aromatic N) is 2. The van der Waals surface area contributed by atoms with Gasteiger partial charge in [0.05, 0.1) is 17.2 Å². The Hall–Kier alpha value is -1.54. The molecule has 0 radical (unpaired) electrons. The molecular formula is C13H16BrN3O. The first-order chi connectivity index (χ1) is 8.49. The topological polar surface area (TPSA) is 56.1 Å². The average Bonchev–Trinajstić information content (AvgIpc) is 2.37. The van der Waals surface area contributed by atoms with Crippen molar-refractivity contribution < 1.29 is 4.79 Å². The number of nitrogens with one attached hydrogen (secondary N) is 1. The number of amides is 1. The zero-order valence-corrected chi connectivity index (χ0v) is 12.3. The van der Waals surface area contributed by atoms with E-state index in [0.717, 1.165) is 10.2 Å². The lowest BCUT2D eigenvalue weighted by atomic mass is 10.1. The van der Waals surface area contributed by atoms with E-state index in [-0.39, 0.29) is 11.8 Å². The summed E-state index contributed by atoms with van der Waals surface area (Å²) in [5.74, 6) is -0.132. The molecule has 0 saturated heterocycles. The monoisotopic (exact) mass is 309 g/mol. The summed E-state index contributed by atoms with van der Waals surface area (Å²) in [7, 11) is 3.50. The Kier molecular flexibility index (Phi) is 5.17. The summed E-state index contributed by atoms with van der Waals surface area (Å²) in [6.45, 7) is 2.43. The number of carbonyl (C=O) groups is 1. The molecule has 1 amide bonds. The van der Waals surface area contributed by atoms with Gasteiger partial charge in [-0.1, -0.05) is 22.9 Å². The third-order valence-corrected chi connectivity index (χ3v) is 3.23. The fraction of sp³-hybridized carbons (Fsp3) is 0.385. The van der Waals surface area contributed by atoms with E-state index in [1.807, 2.05) is 31.0 Å². The van der Waals surface area contributed by atoms with Crippen molar-refractivity contribution in [2.75, 3.05) is 25.5 Å². The highest BCUT2D eigenvalue weighted by Crippen LogP contribution is 2.23. The predicted molar refractivity (Wildman–Crippen MR) is 75.4 cm³/mol. The van der Waals surface area contributed by atoms with Crippen molar-refractivity contribution in [2.24, 2.45) is 5.92 Å². The molecule has 0 aliphatic heterocycles. The molecule has 1 rings (SSSR count). The highest BCUT2D eigenvalue weighted by Gasteiger charge is 2.15. The van der Waals surface area contributed by atoms with Gasteiger partial charge in [0, 0.05) is 25.1 Å². The van der Waals surface area contributed by atoms with Crippen molar-refractivity contribution in [1.82, 2.24) is 5.32 Å². The Morgan fingerprint density at radius 1 is 1.61 bits per heavy atom. The van der Waals surface area contributed by atoms with Crippen LogP contribution in [-0.4, -0.2) is 26.5 Å². The van der Waals surface area contributed by atoms with Crippen LogP contribution in [0.25, 0.3) is 0 Å². The van der Waals surface area contributed by atoms with Gasteiger partial charge < -0.3 is 10.2 Å². The number of benzene rings is 1. The second-order valence-corrected chi connectivity index (χ2v) is 5.08. The van der Waals surface area contributed by atoms with Gasteiger partial charge in [0.25, 0.3) is 0 Å². The highest BCUT2D eigenvalue weighted by atomic mass is 79.9. The summed E-state index contributed by atoms with van der Waals surface area (Å²) in [6, 6.07) is 7.70. The van der Waals surface area contributed by atoms with Crippen LogP contribution in [0, 0.1) is 17.2 Å². The predicted octanol–water partition coefficient (Wildman–Crippen LogP) is 2.14. The van der Waals surface area contributed by atoms with Crippen molar-refractivity contribution in [1.29, 1.82) is 5.26 Å². The molecular weight excluding hydrogens is 294 g/mol. The molecule has 0 aromatic heterocycles. The van der Waals surface area contributed by atoms with E-state index >= 15 is 0 Å². The van der Waals surface area contributed by atoms with Gasteiger partial charge in [-0.05, 0) is 18.2 Å². The maximum atomic E-state index is 11.5. The fourth-order valence-corrected chi connectivity index (χ4v) is 2.13. The van der Waals surface area contributed by atoms with E-state index in [0.29, 0.717) is 12.1 Å². The molecule has 0 aliphatic carbocycles. The lowest BCUT2D eigenvalue weighted by molar-refractivity contribution is -0.123. The van der Waals surface area contributed by atoms with Gasteiger partial charge in [0.1, 0.15) is 6.07 Å². The third-order valence-electron chi connectivity index (χ3n) is 2.73. The summed E-state index contributed by atoms with van der Waals surface area (Å²) in [5.41, 5.74) is 1.42. The normalized spacial score (nSPS) is 11.5. The van der Waals surface area contributed by atoms with Crippen LogP contribution in [-0.2, 0) is 4.79 Å². The first-order valence-corrected chi connectivity index (χ1v) is 6.41. The molecule has 5 heteroatoms. The Balaban J connectivity index is 2.88. The zero-order chi connectivity index (χ0) is 13.7. The molecule has 1 N–H and O–H groups in total. The number of hydrogen-bond acceptors (Lipinski definition) is 3. The van der Waals surface area contributed by atoms with Crippen LogP contribution in [0.1, 0.15) is 12.5 Å². The first kappa shape index (κ1) is 14.5. The molecule has 0 bridgehead atoms. The van der Waals surface area contributed by atoms with Gasteiger partial charge in [-0.15, -0.1) is 0 Å². The van der Waals surface area contributed by atoms with Crippen LogP contribution in [0.3, 0.4) is 0 Å². The van der Waals surface area contributed by atoms with Crippen molar-refractivity contribution in [3.63, 3.8) is 0 Å². The molecule has 96 valence electrons. The van der Waals surface area contributed by atoms with Crippen LogP contribution in [0.2, 0.25) is 0 Å². The van der Waals surface area contributed by atoms with Crippen molar-refractivity contribution in [3.8, 4) is 6.07 Å². The third kappa shape index (κ3) is 3.47. The molecule has 1 atom stereocenters. The number of anilines is 1. The highest BCUT2D eigenvalue weighted by molar-refractivity contribution is 9.10. The van der Waals surface area contributed by atoms with Crippen LogP contribution >= 0.6 is 15.9 Å². The molecule has 0 spiro atoms. The van der Waals surface area contributed by atoms with Gasteiger partial charge in [0.15, 0.2) is 0 Å². The molecule has 18 heavy (non-hydrogen) atoms. The summed E-state index contributed by atoms with van der Waals surface area (Å²) < 4.78 is 0.871. The Labute approximate surface area is 116 Å². The van der Waals surface area contributed by atoms with E-state index < -0.39 is 0 Å². The summed E-state index contributed by atoms with van der Waals surface area (Å²) in [6.07, 6.45) is 0. The van der Waals surface area contributed by atoms with E-state index in [1.54, 1.807) is 13.1 Å². The summed E-state index contributed by atoms with van der Waals surface area (Å²) in [5, 5.41) is 11.7. The lowest BCUT2D eigenvalue weighted by Gasteiger charge is -2.23. The standard InChI is InChI=1S/C13H16BrN3O/c1-9(13(18)16-2)8-17(3)12-5-4-11(14)6-10(12)7-15/h4-6,9H,8H2,1-3H3,(H,16,18). The lowest BCUT2D eigenvalue weighted by Crippen LogP contribution is -2.34. The second kappa shape index (κ2) is 6.41. The Morgan fingerprint density at radius 2 is 2.28 bits per heavy atom. The SMILES string of the molecule is CNC(=O)C(C)CN(C)c1ccc(Br)cc1C#N. The fourth-order valence-electron chi connectivity index (χ4n) is 1.77. The van der Waals surface area contributed by atoms with Gasteiger partial charge in [-0.3, -0.25) is 4.79 Å². The summed E-state index contributed by atoms with van der Waals surface area (Å²) in [4.78, 5) is 13.4. The molecule has 1 aromatic carbocycles. The quantitative estimate of drug-likeness (QED) is 0.927. The van der Waals surface area contributed by atoms with Gasteiger partial charge in [-0.25, -0.2) is 0 Å². The Bertz CT molecular complexity index is 482. The molecule has 1 aromatic rings. The largest absolute Gasteiger partial charge is 0.373 e. The minimum absolute atomic E-state index is 0.00234. The van der Waals surface area contributed by atoms with Crippen LogP contribution in [0.4, 0.5) is 5.69 Å². The molecule has 0 fully saturated rings. The van der Waals surface area contributed by atoms with E-state index in [2.05, 4.69) is 27.3 Å². The van der Waals surface area contributed by atoms with Crippen LogP contribution < -0.4 is 10.2 Å². The van der Waals surface area contributed by atoms with E-state index in [1.165, 1.54) is 0 Å². The summed E-state index contributed by atoms with van der Waals surface area (Å²) >= 11 is 3.34. The zero-order valence-electron chi connectivity index (χ0n) is 10.7. The number of rotatable bonds is 4. The second-order valence-electron chi connectivity index (χ2n) is 4.17. The average molecular weight is 310 g/mol. The van der Waals surface area contributed by atoms with Gasteiger partial charge in [-0.2, -0.15) is 5.26 Å². The minimum atomic E-state index is -0.129. The van der Waals surface area contributed by atoms with Crippen LogP contribution in [0.5, 0.6) is 0 Å². The van der Waals surface area contributed by atoms with Crippen molar-refractivity contribution in [2.45, 2.75) is 6.92 Å².